The molecule has 0 spiro atoms. The van der Waals surface area contributed by atoms with Gasteiger partial charge in [-0.05, 0) is 52.2 Å². The van der Waals surface area contributed by atoms with Crippen LogP contribution in [-0.4, -0.2) is 23.8 Å². The quantitative estimate of drug-likeness (QED) is 0.765. The molecule has 1 heterocycles. The zero-order valence-electron chi connectivity index (χ0n) is 14.2. The summed E-state index contributed by atoms with van der Waals surface area (Å²) in [7, 11) is 1.62. The number of methoxy groups -OCH3 is 1. The highest BCUT2D eigenvalue weighted by molar-refractivity contribution is 9.10. The Morgan fingerprint density at radius 2 is 2.00 bits per heavy atom. The molecular weight excluding hydrogens is 384 g/mol. The predicted molar refractivity (Wildman–Crippen MR) is 98.6 cm³/mol. The Kier molecular flexibility index (Phi) is 5.18. The normalized spacial score (nSPS) is 14.1. The van der Waals surface area contributed by atoms with Crippen LogP contribution >= 0.6 is 15.9 Å². The Bertz CT molecular complexity index is 797. The number of hydrogen-bond acceptors (Lipinski definition) is 4. The number of amides is 1. The van der Waals surface area contributed by atoms with Gasteiger partial charge in [-0.25, -0.2) is 4.98 Å². The third kappa shape index (κ3) is 3.90. The molecule has 130 valence electrons. The number of ketones is 1. The van der Waals surface area contributed by atoms with Crippen molar-refractivity contribution in [1.29, 1.82) is 0 Å². The number of rotatable bonds is 5. The molecule has 0 atom stereocenters. The molecule has 1 fully saturated rings. The van der Waals surface area contributed by atoms with Gasteiger partial charge in [-0.3, -0.25) is 14.5 Å². The molecule has 2 aromatic rings. The van der Waals surface area contributed by atoms with Crippen LogP contribution in [0.1, 0.15) is 24.0 Å². The van der Waals surface area contributed by atoms with Crippen LogP contribution in [-0.2, 0) is 16.1 Å². The van der Waals surface area contributed by atoms with E-state index >= 15 is 0 Å². The molecule has 25 heavy (non-hydrogen) atoms. The van der Waals surface area contributed by atoms with Gasteiger partial charge in [0.2, 0.25) is 5.91 Å². The van der Waals surface area contributed by atoms with Crippen LogP contribution in [0.25, 0.3) is 0 Å². The van der Waals surface area contributed by atoms with Crippen LogP contribution in [0.4, 0.5) is 5.82 Å². The summed E-state index contributed by atoms with van der Waals surface area (Å²) in [5.74, 6) is 1.17. The van der Waals surface area contributed by atoms with Gasteiger partial charge in [0, 0.05) is 19.0 Å². The largest absolute Gasteiger partial charge is 0.497 e. The second kappa shape index (κ2) is 7.35. The van der Waals surface area contributed by atoms with E-state index in [4.69, 9.17) is 4.74 Å². The molecule has 0 N–H and O–H groups in total. The van der Waals surface area contributed by atoms with Crippen molar-refractivity contribution in [1.82, 2.24) is 4.98 Å². The third-order valence-electron chi connectivity index (χ3n) is 4.28. The topological polar surface area (TPSA) is 59.5 Å². The van der Waals surface area contributed by atoms with E-state index in [0.717, 1.165) is 21.3 Å². The highest BCUT2D eigenvalue weighted by Crippen LogP contribution is 2.32. The number of halogens is 1. The minimum Gasteiger partial charge on any atom is -0.497 e. The molecule has 5 nitrogen and oxygen atoms in total. The van der Waals surface area contributed by atoms with Crippen molar-refractivity contribution >= 4 is 33.4 Å². The average molecular weight is 403 g/mol. The lowest BCUT2D eigenvalue weighted by Crippen LogP contribution is -2.42. The van der Waals surface area contributed by atoms with E-state index in [-0.39, 0.29) is 17.6 Å². The standard InChI is InChI=1S/C19H19BrN2O3/c1-12-7-17(20)18(21-10-12)22(19(24)14-8-15(23)9-14)11-13-3-5-16(25-2)6-4-13/h3-7,10,14H,8-9,11H2,1-2H3. The summed E-state index contributed by atoms with van der Waals surface area (Å²) in [6.07, 6.45) is 2.38. The fraction of sp³-hybridized carbons (Fsp3) is 0.316. The van der Waals surface area contributed by atoms with E-state index in [2.05, 4.69) is 20.9 Å². The Morgan fingerprint density at radius 1 is 1.32 bits per heavy atom. The number of hydrogen-bond donors (Lipinski definition) is 0. The van der Waals surface area contributed by atoms with Gasteiger partial charge < -0.3 is 4.74 Å². The monoisotopic (exact) mass is 402 g/mol. The number of nitrogens with zero attached hydrogens (tertiary/aromatic N) is 2. The lowest BCUT2D eigenvalue weighted by Gasteiger charge is -2.31. The lowest BCUT2D eigenvalue weighted by atomic mass is 9.83. The number of aromatic nitrogens is 1. The SMILES string of the molecule is COc1ccc(CN(C(=O)C2CC(=O)C2)c2ncc(C)cc2Br)cc1. The van der Waals surface area contributed by atoms with E-state index in [1.54, 1.807) is 18.2 Å². The van der Waals surface area contributed by atoms with Crippen LogP contribution in [0.2, 0.25) is 0 Å². The Hall–Kier alpha value is -2.21. The molecule has 1 aromatic carbocycles. The molecule has 0 unspecified atom stereocenters. The smallest absolute Gasteiger partial charge is 0.232 e. The van der Waals surface area contributed by atoms with Gasteiger partial charge in [0.15, 0.2) is 0 Å². The molecule has 1 amide bonds. The van der Waals surface area contributed by atoms with Gasteiger partial charge in [0.25, 0.3) is 0 Å². The number of Topliss-reactive ketones (excluding diaryl/α,β-unsaturated/α-hetero) is 1. The number of aryl methyl sites for hydroxylation is 1. The van der Waals surface area contributed by atoms with Gasteiger partial charge in [-0.1, -0.05) is 12.1 Å². The van der Waals surface area contributed by atoms with Crippen molar-refractivity contribution in [2.45, 2.75) is 26.3 Å². The molecule has 3 rings (SSSR count). The zero-order chi connectivity index (χ0) is 18.0. The molecule has 6 heteroatoms. The maximum Gasteiger partial charge on any atom is 0.232 e. The second-order valence-corrected chi connectivity index (χ2v) is 7.09. The van der Waals surface area contributed by atoms with Crippen molar-refractivity contribution in [3.63, 3.8) is 0 Å². The summed E-state index contributed by atoms with van der Waals surface area (Å²) in [5, 5.41) is 0. The second-order valence-electron chi connectivity index (χ2n) is 6.23. The van der Waals surface area contributed by atoms with E-state index in [9.17, 15) is 9.59 Å². The summed E-state index contributed by atoms with van der Waals surface area (Å²) >= 11 is 3.51. The van der Waals surface area contributed by atoms with Crippen LogP contribution < -0.4 is 9.64 Å². The van der Waals surface area contributed by atoms with Crippen molar-refractivity contribution in [2.75, 3.05) is 12.0 Å². The third-order valence-corrected chi connectivity index (χ3v) is 4.86. The molecule has 1 aliphatic rings. The molecule has 0 bridgehead atoms. The Labute approximate surface area is 155 Å². The van der Waals surface area contributed by atoms with Gasteiger partial charge in [0.05, 0.1) is 24.0 Å². The number of pyridine rings is 1. The first kappa shape index (κ1) is 17.6. The van der Waals surface area contributed by atoms with Crippen molar-refractivity contribution in [3.8, 4) is 5.75 Å². The average Bonchev–Trinajstić information content (AvgIpc) is 2.57. The number of carbonyl (C=O) groups excluding carboxylic acids is 2. The summed E-state index contributed by atoms with van der Waals surface area (Å²) < 4.78 is 5.94. The van der Waals surface area contributed by atoms with E-state index < -0.39 is 0 Å². The van der Waals surface area contributed by atoms with Gasteiger partial charge >= 0.3 is 0 Å². The lowest BCUT2D eigenvalue weighted by molar-refractivity contribution is -0.136. The number of benzene rings is 1. The molecular formula is C19H19BrN2O3. The first-order valence-electron chi connectivity index (χ1n) is 8.06. The number of anilines is 1. The molecule has 0 radical (unpaired) electrons. The maximum absolute atomic E-state index is 12.9. The number of carbonyl (C=O) groups is 2. The zero-order valence-corrected chi connectivity index (χ0v) is 15.7. The predicted octanol–water partition coefficient (Wildman–Crippen LogP) is 3.67. The minimum absolute atomic E-state index is 0.0625. The Morgan fingerprint density at radius 3 is 2.56 bits per heavy atom. The maximum atomic E-state index is 12.9. The van der Waals surface area contributed by atoms with Gasteiger partial charge in [0.1, 0.15) is 17.4 Å². The van der Waals surface area contributed by atoms with Crippen molar-refractivity contribution < 1.29 is 14.3 Å². The fourth-order valence-corrected chi connectivity index (χ4v) is 3.46. The van der Waals surface area contributed by atoms with Crippen molar-refractivity contribution in [3.05, 3.63) is 52.1 Å². The van der Waals surface area contributed by atoms with Crippen LogP contribution in [0.15, 0.2) is 41.0 Å². The van der Waals surface area contributed by atoms with E-state index in [1.807, 2.05) is 37.3 Å². The molecule has 0 aliphatic heterocycles. The van der Waals surface area contributed by atoms with Crippen LogP contribution in [0.5, 0.6) is 5.75 Å². The highest BCUT2D eigenvalue weighted by atomic mass is 79.9. The molecule has 1 aromatic heterocycles. The highest BCUT2D eigenvalue weighted by Gasteiger charge is 2.36. The summed E-state index contributed by atoms with van der Waals surface area (Å²) in [4.78, 5) is 30.3. The van der Waals surface area contributed by atoms with Gasteiger partial charge in [-0.2, -0.15) is 0 Å². The first-order valence-corrected chi connectivity index (χ1v) is 8.85. The summed E-state index contributed by atoms with van der Waals surface area (Å²) in [6.45, 7) is 2.34. The van der Waals surface area contributed by atoms with E-state index in [1.165, 1.54) is 0 Å². The summed E-state index contributed by atoms with van der Waals surface area (Å²) in [6, 6.07) is 9.51. The minimum atomic E-state index is -0.249. The van der Waals surface area contributed by atoms with Crippen LogP contribution in [0, 0.1) is 12.8 Å². The Balaban J connectivity index is 1.90. The molecule has 0 saturated heterocycles. The van der Waals surface area contributed by atoms with Crippen molar-refractivity contribution in [2.24, 2.45) is 5.92 Å². The summed E-state index contributed by atoms with van der Waals surface area (Å²) in [5.41, 5.74) is 1.97. The van der Waals surface area contributed by atoms with Crippen LogP contribution in [0.3, 0.4) is 0 Å². The number of ether oxygens (including phenoxy) is 1. The van der Waals surface area contributed by atoms with Gasteiger partial charge in [-0.15, -0.1) is 0 Å². The first-order chi connectivity index (χ1) is 12.0. The molecule has 1 saturated carbocycles. The molecule has 1 aliphatic carbocycles. The van der Waals surface area contributed by atoms with E-state index in [0.29, 0.717) is 25.2 Å². The fourth-order valence-electron chi connectivity index (χ4n) is 2.78.